The van der Waals surface area contributed by atoms with E-state index >= 15 is 4.39 Å². The molecule has 127 heavy (non-hydrogen) atoms. The number of thioether (sulfide) groups is 3. The second-order valence-electron chi connectivity index (χ2n) is 31.9. The number of pyridine rings is 3. The Balaban J connectivity index is 0.000000124. The second kappa shape index (κ2) is 34.6. The number of carbonyl (C=O) groups is 6. The van der Waals surface area contributed by atoms with Crippen molar-refractivity contribution >= 4 is 94.7 Å². The van der Waals surface area contributed by atoms with Crippen LogP contribution in [-0.4, -0.2) is 194 Å². The zero-order valence-electron chi connectivity index (χ0n) is 68.4. The highest BCUT2D eigenvalue weighted by molar-refractivity contribution is 7.99. The van der Waals surface area contributed by atoms with Crippen LogP contribution in [0.25, 0.3) is 0 Å². The van der Waals surface area contributed by atoms with E-state index in [1.54, 1.807) is 66.0 Å². The Morgan fingerprint density at radius 3 is 1.24 bits per heavy atom. The summed E-state index contributed by atoms with van der Waals surface area (Å²) in [5.74, 6) is -2.22. The predicted octanol–water partition coefficient (Wildman–Crippen LogP) is 12.5. The van der Waals surface area contributed by atoms with Crippen molar-refractivity contribution in [3.05, 3.63) is 278 Å². The first-order chi connectivity index (χ1) is 61.6. The fraction of sp³-hybridized carbons (Fsp3) is 0.360. The zero-order chi connectivity index (χ0) is 87.9. The van der Waals surface area contributed by atoms with Gasteiger partial charge in [0.05, 0.1) is 90.7 Å². The van der Waals surface area contributed by atoms with Gasteiger partial charge in [-0.1, -0.05) is 115 Å². The van der Waals surface area contributed by atoms with Gasteiger partial charge in [0.2, 0.25) is 53.9 Å². The fourth-order valence-electron chi connectivity index (χ4n) is 18.0. The molecule has 0 N–H and O–H groups in total. The van der Waals surface area contributed by atoms with Crippen molar-refractivity contribution in [3.63, 3.8) is 0 Å². The van der Waals surface area contributed by atoms with Gasteiger partial charge in [0.1, 0.15) is 36.2 Å². The van der Waals surface area contributed by atoms with Crippen LogP contribution in [0.4, 0.5) is 23.2 Å². The van der Waals surface area contributed by atoms with E-state index in [0.717, 1.165) is 98.2 Å². The number of aromatic nitrogens is 3. The summed E-state index contributed by atoms with van der Waals surface area (Å²) in [4.78, 5) is 125. The molecule has 21 rings (SSSR count). The molecular formula is C89H81Cl2F2N9O22S3. The Labute approximate surface area is 746 Å². The van der Waals surface area contributed by atoms with E-state index in [1.807, 2.05) is 89.7 Å². The summed E-state index contributed by atoms with van der Waals surface area (Å²) in [5.41, 5.74) is 4.40. The van der Waals surface area contributed by atoms with Gasteiger partial charge in [0.15, 0.2) is 28.7 Å². The number of rotatable bonds is 14. The van der Waals surface area contributed by atoms with Gasteiger partial charge in [-0.3, -0.25) is 57.8 Å². The molecule has 0 radical (unpaired) electrons. The van der Waals surface area contributed by atoms with Gasteiger partial charge in [-0.25, -0.2) is 23.2 Å². The molecule has 31 nitrogen and oxygen atoms in total. The minimum Gasteiger partial charge on any atom is -0.451 e. The van der Waals surface area contributed by atoms with Crippen molar-refractivity contribution in [1.82, 2.24) is 28.7 Å². The Morgan fingerprint density at radius 2 is 0.835 bits per heavy atom. The largest absolute Gasteiger partial charge is 0.511 e. The van der Waals surface area contributed by atoms with E-state index in [0.29, 0.717) is 47.5 Å². The topological polar surface area (TPSA) is 308 Å². The SMILES string of the molecule is CCCOC(=O)OCOc1c2n(ccc1=O)N([C@@H]1c3ccccc3SCc3c1ccc(F)c3F)[C@@H]1COC3(CC3)CN1C2=O.COC(=O)OCOc1c2n(ccc1=O)N([C@@H]1c3ccccc3SCc3cccc(Cl)c31)[C@@H]1COC3(CC3)CN1C2=O.COC(=O)OCOc1c2n(ccc1=O)N([C@@H]1c3ccccc3SCc3cccc(Cl)c31)[C@@H]1COC3(COC3)CN1C2=O. The summed E-state index contributed by atoms with van der Waals surface area (Å²) in [7, 11) is 2.33. The number of carbonyl (C=O) groups excluding carboxylic acids is 6. The van der Waals surface area contributed by atoms with Crippen LogP contribution in [0.2, 0.25) is 10.0 Å². The lowest BCUT2D eigenvalue weighted by atomic mass is 9.92. The number of ether oxygens (including phenoxy) is 13. The fourth-order valence-corrected chi connectivity index (χ4v) is 21.9. The van der Waals surface area contributed by atoms with Crippen LogP contribution in [-0.2, 0) is 64.6 Å². The molecule has 3 spiro atoms. The standard InChI is InChI=1S/C31H29F2N3O7S.C29H26ClN3O8S.C29H26ClN3O7S/c1-2-13-40-30(39)42-17-41-28-22(37)9-12-35-27(28)29(38)34-16-31(10-11-31)43-14-24(34)36(35)26-18-7-8-21(32)25(33)20(18)15-44-23-6-4-3-5-19(23)26;1-37-28(36)40-16-39-26-20(34)9-10-32-25(26)27(35)31-13-29(14-38-15-29)41-11-22(31)33(32)24-18-6-2-3-8-21(18)42-12-17-5-4-7-19(30)23(17)24;1-37-28(36)39-16-38-26-20(34)9-12-32-25(26)27(35)31-15-29(10-11-29)40-13-22(31)33(32)24-18-6-2-3-8-21(18)41-14-17-5-4-7-19(30)23(17)24/h3-9,12,24,26H,2,10-11,13-17H2,1H3;2-10,22,24H,11-16H2,1H3;2-9,12,22,24H,10-11,13-16H2,1H3/t24-,26+;2*22-,24-/m111/s1. The number of halogens is 4. The zero-order valence-corrected chi connectivity index (χ0v) is 72.3. The highest BCUT2D eigenvalue weighted by Crippen LogP contribution is 2.54. The summed E-state index contributed by atoms with van der Waals surface area (Å²) in [6.45, 7) is 2.40. The van der Waals surface area contributed by atoms with E-state index < -0.39 is 126 Å². The lowest BCUT2D eigenvalue weighted by Crippen LogP contribution is -2.73. The van der Waals surface area contributed by atoms with Gasteiger partial charge < -0.3 is 76.3 Å². The highest BCUT2D eigenvalue weighted by Gasteiger charge is 2.60. The van der Waals surface area contributed by atoms with Crippen molar-refractivity contribution in [3.8, 4) is 17.2 Å². The Hall–Kier alpha value is -11.5. The smallest absolute Gasteiger partial charge is 0.451 e. The number of amides is 3. The molecule has 6 atom stereocenters. The van der Waals surface area contributed by atoms with E-state index in [2.05, 4.69) is 50.9 Å². The van der Waals surface area contributed by atoms with Crippen LogP contribution in [0.3, 0.4) is 0 Å². The Bertz CT molecular complexity index is 6140. The van der Waals surface area contributed by atoms with Gasteiger partial charge in [-0.05, 0) is 102 Å². The number of fused-ring (bicyclic) bond motifs is 12. The molecule has 13 heterocycles. The first-order valence-electron chi connectivity index (χ1n) is 40.9. The lowest BCUT2D eigenvalue weighted by Gasteiger charge is -2.57. The quantitative estimate of drug-likeness (QED) is 0.0555. The van der Waals surface area contributed by atoms with Crippen molar-refractivity contribution in [2.24, 2.45) is 0 Å². The van der Waals surface area contributed by atoms with E-state index in [1.165, 1.54) is 47.9 Å². The number of hydrogen-bond acceptors (Lipinski definition) is 28. The number of morpholine rings is 3. The first-order valence-corrected chi connectivity index (χ1v) is 44.7. The number of nitrogens with zero attached hydrogens (tertiary/aromatic N) is 9. The molecule has 38 heteroatoms. The molecule has 0 bridgehead atoms. The normalized spacial score (nSPS) is 21.5. The van der Waals surface area contributed by atoms with E-state index in [9.17, 15) is 47.5 Å². The van der Waals surface area contributed by atoms with Crippen LogP contribution in [0.15, 0.2) is 187 Å². The summed E-state index contributed by atoms with van der Waals surface area (Å²) in [6.07, 6.45) is 3.90. The molecule has 9 aromatic rings. The summed E-state index contributed by atoms with van der Waals surface area (Å²) in [5, 5.41) is 7.16. The molecule has 6 aromatic carbocycles. The number of benzene rings is 6. The van der Waals surface area contributed by atoms with Crippen molar-refractivity contribution in [1.29, 1.82) is 0 Å². The van der Waals surface area contributed by atoms with Crippen molar-refractivity contribution < 1.29 is 99.1 Å². The first kappa shape index (κ1) is 85.0. The summed E-state index contributed by atoms with van der Waals surface area (Å²) >= 11 is 18.8. The molecule has 2 saturated carbocycles. The average molecular weight is 1830 g/mol. The van der Waals surface area contributed by atoms with Crippen LogP contribution in [0, 0.1) is 11.6 Å². The minimum absolute atomic E-state index is 0.00694. The van der Waals surface area contributed by atoms with Crippen LogP contribution >= 0.6 is 58.5 Å². The summed E-state index contributed by atoms with van der Waals surface area (Å²) < 4.78 is 105. The van der Waals surface area contributed by atoms with Gasteiger partial charge in [0, 0.05) is 95.5 Å². The molecule has 6 fully saturated rings. The van der Waals surface area contributed by atoms with Gasteiger partial charge in [-0.15, -0.1) is 35.3 Å². The van der Waals surface area contributed by atoms with E-state index in [-0.39, 0.29) is 96.7 Å². The highest BCUT2D eigenvalue weighted by atomic mass is 35.5. The van der Waals surface area contributed by atoms with Crippen LogP contribution in [0.1, 0.15) is 139 Å². The summed E-state index contributed by atoms with van der Waals surface area (Å²) in [6, 6.07) is 40.6. The third-order valence-corrected chi connectivity index (χ3v) is 28.5. The third-order valence-electron chi connectivity index (χ3n) is 24.4. The van der Waals surface area contributed by atoms with Crippen LogP contribution < -0.4 is 45.5 Å². The average Bonchev–Trinajstić information content (AvgIpc) is 1.71. The molecule has 2 aliphatic carbocycles. The van der Waals surface area contributed by atoms with Gasteiger partial charge >= 0.3 is 18.5 Å². The van der Waals surface area contributed by atoms with Crippen molar-refractivity contribution in [2.45, 2.75) is 124 Å². The molecule has 3 aromatic heterocycles. The molecule has 4 saturated heterocycles. The molecule has 660 valence electrons. The minimum atomic E-state index is -0.980. The molecule has 0 unspecified atom stereocenters. The molecule has 10 aliphatic heterocycles. The second-order valence-corrected chi connectivity index (χ2v) is 35.8. The monoisotopic (exact) mass is 1830 g/mol. The maximum Gasteiger partial charge on any atom is 0.511 e. The van der Waals surface area contributed by atoms with Gasteiger partial charge in [0.25, 0.3) is 17.7 Å². The molecular weight excluding hydrogens is 1750 g/mol. The van der Waals surface area contributed by atoms with Crippen molar-refractivity contribution in [2.75, 3.05) is 109 Å². The molecule has 12 aliphatic rings. The maximum atomic E-state index is 15.4. The lowest BCUT2D eigenvalue weighted by molar-refractivity contribution is -0.245. The number of hydrogen-bond donors (Lipinski definition) is 0. The Morgan fingerprint density at radius 1 is 0.449 bits per heavy atom. The van der Waals surface area contributed by atoms with E-state index in [4.69, 9.17) is 75.3 Å². The third kappa shape index (κ3) is 15.5. The maximum absolute atomic E-state index is 15.4. The Kier molecular flexibility index (Phi) is 23.2. The predicted molar refractivity (Wildman–Crippen MR) is 456 cm³/mol. The molecule has 3 amide bonds. The van der Waals surface area contributed by atoms with Gasteiger partial charge in [-0.2, -0.15) is 0 Å². The van der Waals surface area contributed by atoms with Crippen LogP contribution in [0.5, 0.6) is 17.2 Å². The number of methoxy groups -OCH3 is 2.